The van der Waals surface area contributed by atoms with Gasteiger partial charge in [0.15, 0.2) is 0 Å². The molecule has 0 saturated carbocycles. The van der Waals surface area contributed by atoms with E-state index < -0.39 is 18.3 Å². The highest BCUT2D eigenvalue weighted by Crippen LogP contribution is 2.39. The van der Waals surface area contributed by atoms with E-state index in [9.17, 15) is 0 Å². The van der Waals surface area contributed by atoms with Crippen molar-refractivity contribution < 1.29 is 14.0 Å². The summed E-state index contributed by atoms with van der Waals surface area (Å²) in [5.41, 5.74) is 7.87. The van der Waals surface area contributed by atoms with Gasteiger partial charge in [-0.05, 0) is 82.9 Å². The molecule has 1 aliphatic rings. The van der Waals surface area contributed by atoms with Crippen molar-refractivity contribution in [3.63, 3.8) is 0 Å². The van der Waals surface area contributed by atoms with Gasteiger partial charge in [-0.25, -0.2) is 0 Å². The van der Waals surface area contributed by atoms with Gasteiger partial charge in [0.25, 0.3) is 0 Å². The van der Waals surface area contributed by atoms with Crippen molar-refractivity contribution in [2.45, 2.75) is 59.7 Å². The average molecular weight is 429 g/mol. The average Bonchev–Trinajstić information content (AvgIpc) is 2.95. The third-order valence-electron chi connectivity index (χ3n) is 6.81. The van der Waals surface area contributed by atoms with Crippen LogP contribution in [0.1, 0.15) is 44.4 Å². The minimum absolute atomic E-state index is 0.420. The molecule has 0 N–H and O–H groups in total. The summed E-state index contributed by atoms with van der Waals surface area (Å²) in [6.07, 6.45) is 1.94. The first-order valence-electron chi connectivity index (χ1n) is 11.1. The first kappa shape index (κ1) is 22.6. The van der Waals surface area contributed by atoms with Crippen LogP contribution in [0.5, 0.6) is 5.75 Å². The summed E-state index contributed by atoms with van der Waals surface area (Å²) in [5.74, 6) is 0.730. The zero-order chi connectivity index (χ0) is 23.3. The molecule has 166 valence electrons. The lowest BCUT2D eigenvalue weighted by Crippen LogP contribution is -2.41. The van der Waals surface area contributed by atoms with E-state index in [1.165, 1.54) is 22.3 Å². The number of benzene rings is 2. The Labute approximate surface area is 192 Å². The molecular formula is C27H32BNO3. The highest BCUT2D eigenvalue weighted by molar-refractivity contribution is 6.63. The van der Waals surface area contributed by atoms with Crippen LogP contribution in [-0.2, 0) is 9.31 Å². The van der Waals surface area contributed by atoms with Crippen LogP contribution >= 0.6 is 0 Å². The van der Waals surface area contributed by atoms with Gasteiger partial charge >= 0.3 is 7.12 Å². The summed E-state index contributed by atoms with van der Waals surface area (Å²) in [4.78, 5) is 4.75. The first-order chi connectivity index (χ1) is 15.0. The van der Waals surface area contributed by atoms with Gasteiger partial charge in [0.2, 0.25) is 0 Å². The molecule has 1 fully saturated rings. The van der Waals surface area contributed by atoms with Crippen LogP contribution in [0, 0.1) is 20.8 Å². The van der Waals surface area contributed by atoms with Crippen LogP contribution in [0.3, 0.4) is 0 Å². The van der Waals surface area contributed by atoms with E-state index in [-0.39, 0.29) is 0 Å². The molecule has 0 spiro atoms. The van der Waals surface area contributed by atoms with Crippen LogP contribution in [-0.4, -0.2) is 30.4 Å². The molecule has 32 heavy (non-hydrogen) atoms. The highest BCUT2D eigenvalue weighted by Gasteiger charge is 2.52. The number of aromatic nitrogens is 1. The molecule has 4 rings (SSSR count). The highest BCUT2D eigenvalue weighted by atomic mass is 16.7. The van der Waals surface area contributed by atoms with Crippen LogP contribution < -0.4 is 10.2 Å². The maximum Gasteiger partial charge on any atom is 0.498 e. The van der Waals surface area contributed by atoms with Gasteiger partial charge in [-0.3, -0.25) is 4.98 Å². The summed E-state index contributed by atoms with van der Waals surface area (Å²) in [6.45, 7) is 14.6. The van der Waals surface area contributed by atoms with Crippen molar-refractivity contribution in [1.29, 1.82) is 0 Å². The Morgan fingerprint density at radius 2 is 1.50 bits per heavy atom. The fraction of sp³-hybridized carbons (Fsp3) is 0.370. The lowest BCUT2D eigenvalue weighted by atomic mass is 9.77. The Balaban J connectivity index is 1.81. The zero-order valence-corrected chi connectivity index (χ0v) is 20.4. The number of hydrogen-bond acceptors (Lipinski definition) is 4. The molecule has 0 bridgehead atoms. The fourth-order valence-corrected chi connectivity index (χ4v) is 4.22. The van der Waals surface area contributed by atoms with E-state index in [2.05, 4.69) is 72.7 Å². The van der Waals surface area contributed by atoms with Crippen molar-refractivity contribution in [3.05, 3.63) is 65.4 Å². The third kappa shape index (κ3) is 3.85. The number of para-hydroxylation sites is 1. The first-order valence-corrected chi connectivity index (χ1v) is 11.1. The summed E-state index contributed by atoms with van der Waals surface area (Å²) in [7, 11) is 1.19. The summed E-state index contributed by atoms with van der Waals surface area (Å²) >= 11 is 0. The molecule has 0 atom stereocenters. The van der Waals surface area contributed by atoms with Crippen LogP contribution in [0.25, 0.3) is 22.4 Å². The molecule has 0 unspecified atom stereocenters. The van der Waals surface area contributed by atoms with Crippen molar-refractivity contribution in [3.8, 4) is 28.1 Å². The summed E-state index contributed by atoms with van der Waals surface area (Å²) < 4.78 is 18.5. The van der Waals surface area contributed by atoms with E-state index in [1.54, 1.807) is 7.11 Å². The molecule has 1 saturated heterocycles. The van der Waals surface area contributed by atoms with Crippen molar-refractivity contribution >= 4 is 12.6 Å². The van der Waals surface area contributed by atoms with Crippen LogP contribution in [0.4, 0.5) is 0 Å². The molecular weight excluding hydrogens is 397 g/mol. The maximum atomic E-state index is 6.30. The normalized spacial score (nSPS) is 16.9. The molecule has 0 radical (unpaired) electrons. The number of ether oxygens (including phenoxy) is 1. The summed E-state index contributed by atoms with van der Waals surface area (Å²) in [6, 6.07) is 14.8. The Morgan fingerprint density at radius 3 is 2.12 bits per heavy atom. The molecule has 4 nitrogen and oxygen atoms in total. The second-order valence-corrected chi connectivity index (χ2v) is 9.72. The Hall–Kier alpha value is -2.63. The fourth-order valence-electron chi connectivity index (χ4n) is 4.22. The summed E-state index contributed by atoms with van der Waals surface area (Å²) in [5, 5.41) is 0. The SMILES string of the molecule is COc1c(B2OC(C)(C)C(C)(C)O2)cccc1-c1cc(-c2ccc(C)cc2C)c(C)cn1. The number of nitrogens with zero attached hydrogens (tertiary/aromatic N) is 1. The van der Waals surface area contributed by atoms with Gasteiger partial charge in [-0.1, -0.05) is 35.9 Å². The Kier molecular flexibility index (Phi) is 5.68. The van der Waals surface area contributed by atoms with Gasteiger partial charge < -0.3 is 14.0 Å². The van der Waals surface area contributed by atoms with Crippen LogP contribution in [0.15, 0.2) is 48.7 Å². The molecule has 2 heterocycles. The largest absolute Gasteiger partial charge is 0.498 e. The topological polar surface area (TPSA) is 40.6 Å². The van der Waals surface area contributed by atoms with Crippen LogP contribution in [0.2, 0.25) is 0 Å². The lowest BCUT2D eigenvalue weighted by Gasteiger charge is -2.32. The predicted molar refractivity (Wildman–Crippen MR) is 132 cm³/mol. The molecule has 1 aromatic heterocycles. The quantitative estimate of drug-likeness (QED) is 0.503. The third-order valence-corrected chi connectivity index (χ3v) is 6.81. The number of hydrogen-bond donors (Lipinski definition) is 0. The van der Waals surface area contributed by atoms with E-state index in [4.69, 9.17) is 19.0 Å². The zero-order valence-electron chi connectivity index (χ0n) is 20.4. The minimum atomic E-state index is -0.501. The number of aryl methyl sites for hydroxylation is 3. The second-order valence-electron chi connectivity index (χ2n) is 9.72. The van der Waals surface area contributed by atoms with Crippen molar-refractivity contribution in [2.75, 3.05) is 7.11 Å². The molecule has 2 aromatic carbocycles. The molecule has 1 aliphatic heterocycles. The molecule has 0 amide bonds. The smallest absolute Gasteiger partial charge is 0.496 e. The predicted octanol–water partition coefficient (Wildman–Crippen LogP) is 5.65. The van der Waals surface area contributed by atoms with E-state index in [0.29, 0.717) is 0 Å². The Bertz CT molecular complexity index is 1150. The minimum Gasteiger partial charge on any atom is -0.496 e. The lowest BCUT2D eigenvalue weighted by molar-refractivity contribution is 0.00578. The van der Waals surface area contributed by atoms with Gasteiger partial charge in [-0.2, -0.15) is 0 Å². The van der Waals surface area contributed by atoms with E-state index in [0.717, 1.165) is 28.0 Å². The number of methoxy groups -OCH3 is 1. The van der Waals surface area contributed by atoms with Gasteiger partial charge in [0.05, 0.1) is 24.0 Å². The maximum absolute atomic E-state index is 6.30. The van der Waals surface area contributed by atoms with Gasteiger partial charge in [0.1, 0.15) is 5.75 Å². The van der Waals surface area contributed by atoms with Gasteiger partial charge in [0, 0.05) is 17.2 Å². The van der Waals surface area contributed by atoms with E-state index >= 15 is 0 Å². The second kappa shape index (κ2) is 8.06. The van der Waals surface area contributed by atoms with Crippen molar-refractivity contribution in [2.24, 2.45) is 0 Å². The van der Waals surface area contributed by atoms with E-state index in [1.807, 2.05) is 24.4 Å². The standard InChI is InChI=1S/C27H32BNO3/c1-17-12-13-20(18(2)14-17)22-15-24(29-16-19(22)3)21-10-9-11-23(25(21)30-8)28-31-26(4,5)27(6,7)32-28/h9-16H,1-8H3. The number of rotatable bonds is 4. The molecule has 0 aliphatic carbocycles. The van der Waals surface area contributed by atoms with Gasteiger partial charge in [-0.15, -0.1) is 0 Å². The number of pyridine rings is 1. The van der Waals surface area contributed by atoms with Crippen molar-refractivity contribution in [1.82, 2.24) is 4.98 Å². The molecule has 3 aromatic rings. The Morgan fingerprint density at radius 1 is 0.812 bits per heavy atom. The monoisotopic (exact) mass is 429 g/mol. The molecule has 5 heteroatoms.